The smallest absolute Gasteiger partial charge is 0.243 e. The van der Waals surface area contributed by atoms with E-state index in [2.05, 4.69) is 19.6 Å². The number of sulfonamides is 1. The predicted molar refractivity (Wildman–Crippen MR) is 75.0 cm³/mol. The van der Waals surface area contributed by atoms with Gasteiger partial charge in [-0.1, -0.05) is 6.42 Å². The monoisotopic (exact) mass is 316 g/mol. The number of rotatable bonds is 3. The Morgan fingerprint density at radius 2 is 1.95 bits per heavy atom. The lowest BCUT2D eigenvalue weighted by Crippen LogP contribution is -2.46. The molecule has 1 N–H and O–H groups in total. The third-order valence-corrected chi connectivity index (χ3v) is 5.71. The van der Waals surface area contributed by atoms with Crippen LogP contribution in [0.2, 0.25) is 5.28 Å². The minimum Gasteiger partial charge on any atom is -0.299 e. The summed E-state index contributed by atoms with van der Waals surface area (Å²) in [5, 5.41) is 0.0447. The molecule has 0 bridgehead atoms. The summed E-state index contributed by atoms with van der Waals surface area (Å²) in [7, 11) is -3.57. The van der Waals surface area contributed by atoms with Crippen molar-refractivity contribution >= 4 is 21.6 Å². The molecule has 0 saturated carbocycles. The number of halogens is 1. The van der Waals surface area contributed by atoms with Gasteiger partial charge in [0.05, 0.1) is 12.4 Å². The second-order valence-corrected chi connectivity index (χ2v) is 7.36. The van der Waals surface area contributed by atoms with Crippen LogP contribution in [0.5, 0.6) is 0 Å². The third-order valence-electron chi connectivity index (χ3n) is 4.07. The Kier molecular flexibility index (Phi) is 3.94. The molecule has 1 aromatic rings. The summed E-state index contributed by atoms with van der Waals surface area (Å²) >= 11 is 5.58. The highest BCUT2D eigenvalue weighted by Crippen LogP contribution is 2.28. The molecule has 20 heavy (non-hydrogen) atoms. The molecule has 1 aromatic heterocycles. The first-order valence-electron chi connectivity index (χ1n) is 6.80. The molecule has 2 fully saturated rings. The van der Waals surface area contributed by atoms with Crippen LogP contribution < -0.4 is 4.72 Å². The minimum absolute atomic E-state index is 0.0176. The van der Waals surface area contributed by atoms with Crippen LogP contribution in [0.4, 0.5) is 0 Å². The summed E-state index contributed by atoms with van der Waals surface area (Å²) in [6.45, 7) is 2.04. The minimum atomic E-state index is -3.57. The topological polar surface area (TPSA) is 75.2 Å². The maximum atomic E-state index is 12.3. The largest absolute Gasteiger partial charge is 0.299 e. The quantitative estimate of drug-likeness (QED) is 0.843. The summed E-state index contributed by atoms with van der Waals surface area (Å²) in [5.74, 6) is 0. The standard InChI is InChI=1S/C12H17ClN4O2S/c13-12-14-7-9(8-15-12)20(18,19)16-10-4-6-17-5-2-1-3-11(10)17/h7-8,10-11,16H,1-6H2. The molecule has 110 valence electrons. The molecule has 3 heterocycles. The van der Waals surface area contributed by atoms with E-state index in [0.717, 1.165) is 25.9 Å². The molecule has 0 aliphatic carbocycles. The molecule has 0 aromatic carbocycles. The fraction of sp³-hybridized carbons (Fsp3) is 0.667. The lowest BCUT2D eigenvalue weighted by molar-refractivity contribution is 0.186. The van der Waals surface area contributed by atoms with Crippen molar-refractivity contribution in [3.8, 4) is 0 Å². The van der Waals surface area contributed by atoms with Gasteiger partial charge in [-0.15, -0.1) is 0 Å². The number of hydrogen-bond acceptors (Lipinski definition) is 5. The van der Waals surface area contributed by atoms with Gasteiger partial charge in [-0.2, -0.15) is 0 Å². The molecule has 0 radical (unpaired) electrons. The average Bonchev–Trinajstić information content (AvgIpc) is 2.82. The van der Waals surface area contributed by atoms with Crippen LogP contribution >= 0.6 is 11.6 Å². The second-order valence-electron chi connectivity index (χ2n) is 5.30. The third kappa shape index (κ3) is 2.81. The van der Waals surface area contributed by atoms with Gasteiger partial charge in [0.2, 0.25) is 15.3 Å². The maximum absolute atomic E-state index is 12.3. The summed E-state index contributed by atoms with van der Waals surface area (Å²) in [4.78, 5) is 9.90. The first-order chi connectivity index (χ1) is 9.56. The van der Waals surface area contributed by atoms with E-state index in [1.54, 1.807) is 0 Å². The average molecular weight is 317 g/mol. The second kappa shape index (κ2) is 5.55. The van der Waals surface area contributed by atoms with Crippen molar-refractivity contribution in [2.45, 2.75) is 42.7 Å². The maximum Gasteiger partial charge on any atom is 0.243 e. The van der Waals surface area contributed by atoms with Crippen LogP contribution in [-0.2, 0) is 10.0 Å². The van der Waals surface area contributed by atoms with Gasteiger partial charge in [-0.05, 0) is 37.4 Å². The molecular formula is C12H17ClN4O2S. The highest BCUT2D eigenvalue weighted by atomic mass is 35.5. The van der Waals surface area contributed by atoms with Crippen molar-refractivity contribution in [1.82, 2.24) is 19.6 Å². The van der Waals surface area contributed by atoms with Crippen LogP contribution in [0.25, 0.3) is 0 Å². The molecule has 0 spiro atoms. The van der Waals surface area contributed by atoms with E-state index >= 15 is 0 Å². The number of aromatic nitrogens is 2. The Hall–Kier alpha value is -0.760. The first kappa shape index (κ1) is 14.2. The molecule has 2 aliphatic heterocycles. The number of nitrogens with zero attached hydrogens (tertiary/aromatic N) is 3. The summed E-state index contributed by atoms with van der Waals surface area (Å²) in [5.41, 5.74) is 0. The van der Waals surface area contributed by atoms with Crippen LogP contribution in [0.1, 0.15) is 25.7 Å². The zero-order chi connectivity index (χ0) is 14.2. The number of piperidine rings is 1. The fourth-order valence-corrected chi connectivity index (χ4v) is 4.38. The first-order valence-corrected chi connectivity index (χ1v) is 8.66. The van der Waals surface area contributed by atoms with Gasteiger partial charge in [0.15, 0.2) is 0 Å². The molecule has 2 unspecified atom stereocenters. The normalized spacial score (nSPS) is 27.4. The lowest BCUT2D eigenvalue weighted by Gasteiger charge is -2.32. The Morgan fingerprint density at radius 1 is 1.20 bits per heavy atom. The van der Waals surface area contributed by atoms with Gasteiger partial charge in [-0.25, -0.2) is 23.1 Å². The van der Waals surface area contributed by atoms with Crippen LogP contribution in [0.15, 0.2) is 17.3 Å². The number of fused-ring (bicyclic) bond motifs is 1. The van der Waals surface area contributed by atoms with Gasteiger partial charge < -0.3 is 0 Å². The van der Waals surface area contributed by atoms with Crippen LogP contribution in [0.3, 0.4) is 0 Å². The van der Waals surface area contributed by atoms with Crippen molar-refractivity contribution in [2.75, 3.05) is 13.1 Å². The van der Waals surface area contributed by atoms with Crippen LogP contribution in [0, 0.1) is 0 Å². The van der Waals surface area contributed by atoms with E-state index in [4.69, 9.17) is 11.6 Å². The molecule has 6 nitrogen and oxygen atoms in total. The van der Waals surface area contributed by atoms with E-state index in [0.29, 0.717) is 6.04 Å². The van der Waals surface area contributed by atoms with E-state index in [1.165, 1.54) is 25.2 Å². The van der Waals surface area contributed by atoms with Crippen molar-refractivity contribution < 1.29 is 8.42 Å². The molecule has 3 rings (SSSR count). The molecule has 2 saturated heterocycles. The highest BCUT2D eigenvalue weighted by Gasteiger charge is 2.37. The zero-order valence-electron chi connectivity index (χ0n) is 11.0. The Bertz CT molecular complexity index is 578. The molecule has 2 atom stereocenters. The number of nitrogens with one attached hydrogen (secondary N) is 1. The van der Waals surface area contributed by atoms with Crippen molar-refractivity contribution in [1.29, 1.82) is 0 Å². The van der Waals surface area contributed by atoms with Gasteiger partial charge in [0, 0.05) is 18.6 Å². The Balaban J connectivity index is 1.75. The van der Waals surface area contributed by atoms with Gasteiger partial charge >= 0.3 is 0 Å². The SMILES string of the molecule is O=S(=O)(NC1CCN2CCCCC12)c1cnc(Cl)nc1. The van der Waals surface area contributed by atoms with Crippen LogP contribution in [-0.4, -0.2) is 48.5 Å². The van der Waals surface area contributed by atoms with E-state index in [1.807, 2.05) is 0 Å². The highest BCUT2D eigenvalue weighted by molar-refractivity contribution is 7.89. The summed E-state index contributed by atoms with van der Waals surface area (Å²) in [6.07, 6.45) is 6.78. The van der Waals surface area contributed by atoms with E-state index in [9.17, 15) is 8.42 Å². The molecule has 2 aliphatic rings. The van der Waals surface area contributed by atoms with Crippen molar-refractivity contribution in [3.63, 3.8) is 0 Å². The fourth-order valence-electron chi connectivity index (χ4n) is 3.09. The van der Waals surface area contributed by atoms with Gasteiger partial charge in [-0.3, -0.25) is 4.90 Å². The van der Waals surface area contributed by atoms with Gasteiger partial charge in [0.25, 0.3) is 0 Å². The molecule has 0 amide bonds. The zero-order valence-corrected chi connectivity index (χ0v) is 12.6. The number of hydrogen-bond donors (Lipinski definition) is 1. The van der Waals surface area contributed by atoms with Gasteiger partial charge in [0.1, 0.15) is 4.90 Å². The molecule has 8 heteroatoms. The Morgan fingerprint density at radius 3 is 2.70 bits per heavy atom. The van der Waals surface area contributed by atoms with E-state index < -0.39 is 10.0 Å². The Labute approximate surface area is 123 Å². The molecular weight excluding hydrogens is 300 g/mol. The predicted octanol–water partition coefficient (Wildman–Crippen LogP) is 1.04. The summed E-state index contributed by atoms with van der Waals surface area (Å²) in [6, 6.07) is 0.308. The van der Waals surface area contributed by atoms with E-state index in [-0.39, 0.29) is 16.2 Å². The summed E-state index contributed by atoms with van der Waals surface area (Å²) < 4.78 is 27.4. The van der Waals surface area contributed by atoms with Crippen molar-refractivity contribution in [2.24, 2.45) is 0 Å². The van der Waals surface area contributed by atoms with Crippen molar-refractivity contribution in [3.05, 3.63) is 17.7 Å². The lowest BCUT2D eigenvalue weighted by atomic mass is 10.00.